The summed E-state index contributed by atoms with van der Waals surface area (Å²) in [4.78, 5) is 13.1. The monoisotopic (exact) mass is 310 g/mol. The maximum absolute atomic E-state index is 6.09. The molecule has 1 aromatic carbocycles. The molecule has 0 amide bonds. The predicted octanol–water partition coefficient (Wildman–Crippen LogP) is 3.85. The van der Waals surface area contributed by atoms with Crippen LogP contribution in [-0.2, 0) is 6.42 Å². The molecule has 0 spiro atoms. The Bertz CT molecular complexity index is 732. The minimum Gasteiger partial charge on any atom is -0.370 e. The van der Waals surface area contributed by atoms with Crippen LogP contribution in [0.25, 0.3) is 11.4 Å². The van der Waals surface area contributed by atoms with Gasteiger partial charge in [-0.1, -0.05) is 48.0 Å². The van der Waals surface area contributed by atoms with Crippen LogP contribution in [0.4, 0.5) is 5.82 Å². The summed E-state index contributed by atoms with van der Waals surface area (Å²) < 4.78 is 0. The van der Waals surface area contributed by atoms with Crippen LogP contribution in [0.15, 0.2) is 60.8 Å². The van der Waals surface area contributed by atoms with E-state index in [-0.39, 0.29) is 0 Å². The molecule has 0 bridgehead atoms. The predicted molar refractivity (Wildman–Crippen MR) is 88.9 cm³/mol. The van der Waals surface area contributed by atoms with Crippen molar-refractivity contribution in [1.29, 1.82) is 0 Å². The average Bonchev–Trinajstić information content (AvgIpc) is 2.56. The molecule has 110 valence electrons. The quantitative estimate of drug-likeness (QED) is 0.727. The Morgan fingerprint density at radius 3 is 2.55 bits per heavy atom. The van der Waals surface area contributed by atoms with E-state index in [0.717, 1.165) is 30.0 Å². The number of hydrogen-bond acceptors (Lipinski definition) is 4. The number of halogens is 1. The van der Waals surface area contributed by atoms with Gasteiger partial charge in [-0.15, -0.1) is 0 Å². The van der Waals surface area contributed by atoms with E-state index in [1.54, 1.807) is 12.3 Å². The van der Waals surface area contributed by atoms with Crippen molar-refractivity contribution in [2.24, 2.45) is 0 Å². The molecular weight excluding hydrogens is 296 g/mol. The highest BCUT2D eigenvalue weighted by molar-refractivity contribution is 6.29. The first-order valence-corrected chi connectivity index (χ1v) is 7.43. The fraction of sp³-hybridized carbons (Fsp3) is 0.118. The molecule has 0 radical (unpaired) electrons. The van der Waals surface area contributed by atoms with Gasteiger partial charge in [0.05, 0.1) is 0 Å². The Labute approximate surface area is 134 Å². The standard InChI is InChI=1S/C17H15ClN4/c18-15-12-16(20-11-9-14-8-4-5-10-19-14)22-17(21-15)13-6-2-1-3-7-13/h1-8,10,12H,9,11H2,(H,20,21,22). The molecule has 0 aliphatic heterocycles. The van der Waals surface area contributed by atoms with Crippen LogP contribution in [0.2, 0.25) is 5.15 Å². The molecule has 5 heteroatoms. The number of pyridine rings is 1. The highest BCUT2D eigenvalue weighted by Crippen LogP contribution is 2.19. The van der Waals surface area contributed by atoms with E-state index >= 15 is 0 Å². The molecule has 0 aliphatic carbocycles. The fourth-order valence-electron chi connectivity index (χ4n) is 2.09. The van der Waals surface area contributed by atoms with Crippen LogP contribution in [0.1, 0.15) is 5.69 Å². The summed E-state index contributed by atoms with van der Waals surface area (Å²) in [5, 5.41) is 3.69. The van der Waals surface area contributed by atoms with Crippen molar-refractivity contribution < 1.29 is 0 Å². The van der Waals surface area contributed by atoms with Gasteiger partial charge in [0.25, 0.3) is 0 Å². The summed E-state index contributed by atoms with van der Waals surface area (Å²) in [6.07, 6.45) is 2.62. The Hall–Kier alpha value is -2.46. The lowest BCUT2D eigenvalue weighted by Gasteiger charge is -2.08. The number of nitrogens with zero attached hydrogens (tertiary/aromatic N) is 3. The molecule has 0 fully saturated rings. The number of nitrogens with one attached hydrogen (secondary N) is 1. The Balaban J connectivity index is 1.70. The molecule has 3 aromatic rings. The van der Waals surface area contributed by atoms with E-state index in [4.69, 9.17) is 11.6 Å². The maximum atomic E-state index is 6.09. The lowest BCUT2D eigenvalue weighted by Crippen LogP contribution is -2.08. The van der Waals surface area contributed by atoms with Crippen LogP contribution in [0.5, 0.6) is 0 Å². The zero-order chi connectivity index (χ0) is 15.2. The van der Waals surface area contributed by atoms with Gasteiger partial charge < -0.3 is 5.32 Å². The van der Waals surface area contributed by atoms with Crippen molar-refractivity contribution >= 4 is 17.4 Å². The normalized spacial score (nSPS) is 10.4. The van der Waals surface area contributed by atoms with E-state index in [0.29, 0.717) is 11.0 Å². The lowest BCUT2D eigenvalue weighted by atomic mass is 10.2. The largest absolute Gasteiger partial charge is 0.370 e. The fourth-order valence-corrected chi connectivity index (χ4v) is 2.27. The van der Waals surface area contributed by atoms with Crippen molar-refractivity contribution in [3.8, 4) is 11.4 Å². The number of aromatic nitrogens is 3. The molecule has 2 heterocycles. The molecule has 3 rings (SSSR count). The second kappa shape index (κ2) is 7.00. The number of rotatable bonds is 5. The van der Waals surface area contributed by atoms with Gasteiger partial charge in [0.2, 0.25) is 0 Å². The topological polar surface area (TPSA) is 50.7 Å². The van der Waals surface area contributed by atoms with Crippen LogP contribution in [0, 0.1) is 0 Å². The van der Waals surface area contributed by atoms with Gasteiger partial charge in [-0.25, -0.2) is 9.97 Å². The van der Waals surface area contributed by atoms with Gasteiger partial charge in [-0.05, 0) is 12.1 Å². The zero-order valence-corrected chi connectivity index (χ0v) is 12.7. The first-order valence-electron chi connectivity index (χ1n) is 7.05. The van der Waals surface area contributed by atoms with Crippen LogP contribution in [-0.4, -0.2) is 21.5 Å². The van der Waals surface area contributed by atoms with Crippen LogP contribution >= 0.6 is 11.6 Å². The summed E-state index contributed by atoms with van der Waals surface area (Å²) in [6.45, 7) is 0.735. The summed E-state index contributed by atoms with van der Waals surface area (Å²) in [7, 11) is 0. The molecule has 22 heavy (non-hydrogen) atoms. The van der Waals surface area contributed by atoms with Gasteiger partial charge in [-0.3, -0.25) is 4.98 Å². The second-order valence-electron chi connectivity index (χ2n) is 4.76. The van der Waals surface area contributed by atoms with Crippen molar-refractivity contribution in [2.75, 3.05) is 11.9 Å². The molecule has 2 aromatic heterocycles. The van der Waals surface area contributed by atoms with Gasteiger partial charge in [-0.2, -0.15) is 0 Å². The van der Waals surface area contributed by atoms with Crippen LogP contribution in [0.3, 0.4) is 0 Å². The highest BCUT2D eigenvalue weighted by atomic mass is 35.5. The lowest BCUT2D eigenvalue weighted by molar-refractivity contribution is 0.951. The number of anilines is 1. The van der Waals surface area contributed by atoms with E-state index < -0.39 is 0 Å². The van der Waals surface area contributed by atoms with E-state index in [2.05, 4.69) is 20.3 Å². The Morgan fingerprint density at radius 2 is 1.77 bits per heavy atom. The second-order valence-corrected chi connectivity index (χ2v) is 5.15. The number of benzene rings is 1. The molecule has 0 atom stereocenters. The minimum absolute atomic E-state index is 0.425. The molecule has 0 saturated heterocycles. The molecule has 4 nitrogen and oxygen atoms in total. The number of hydrogen-bond donors (Lipinski definition) is 1. The molecular formula is C17H15ClN4. The van der Waals surface area contributed by atoms with Crippen molar-refractivity contribution in [3.05, 3.63) is 71.6 Å². The zero-order valence-electron chi connectivity index (χ0n) is 11.9. The first kappa shape index (κ1) is 14.5. The van der Waals surface area contributed by atoms with Crippen molar-refractivity contribution in [1.82, 2.24) is 15.0 Å². The summed E-state index contributed by atoms with van der Waals surface area (Å²) >= 11 is 6.09. The van der Waals surface area contributed by atoms with Gasteiger partial charge >= 0.3 is 0 Å². The van der Waals surface area contributed by atoms with E-state index in [1.807, 2.05) is 48.5 Å². The van der Waals surface area contributed by atoms with E-state index in [1.165, 1.54) is 0 Å². The third-order valence-corrected chi connectivity index (χ3v) is 3.33. The average molecular weight is 311 g/mol. The van der Waals surface area contributed by atoms with Crippen LogP contribution < -0.4 is 5.32 Å². The third-order valence-electron chi connectivity index (χ3n) is 3.14. The van der Waals surface area contributed by atoms with E-state index in [9.17, 15) is 0 Å². The third kappa shape index (κ3) is 3.80. The summed E-state index contributed by atoms with van der Waals surface area (Å²) in [6, 6.07) is 17.4. The minimum atomic E-state index is 0.425. The Morgan fingerprint density at radius 1 is 0.955 bits per heavy atom. The maximum Gasteiger partial charge on any atom is 0.163 e. The van der Waals surface area contributed by atoms with Crippen molar-refractivity contribution in [3.63, 3.8) is 0 Å². The van der Waals surface area contributed by atoms with Gasteiger partial charge in [0.1, 0.15) is 11.0 Å². The molecule has 0 unspecified atom stereocenters. The van der Waals surface area contributed by atoms with Gasteiger partial charge in [0.15, 0.2) is 5.82 Å². The first-order chi connectivity index (χ1) is 10.8. The molecule has 1 N–H and O–H groups in total. The molecule has 0 saturated carbocycles. The smallest absolute Gasteiger partial charge is 0.163 e. The summed E-state index contributed by atoms with van der Waals surface area (Å²) in [5.41, 5.74) is 1.98. The Kier molecular flexibility index (Phi) is 4.61. The summed E-state index contributed by atoms with van der Waals surface area (Å²) in [5.74, 6) is 1.34. The van der Waals surface area contributed by atoms with Crippen molar-refractivity contribution in [2.45, 2.75) is 6.42 Å². The SMILES string of the molecule is Clc1cc(NCCc2ccccn2)nc(-c2ccccc2)n1. The highest BCUT2D eigenvalue weighted by Gasteiger charge is 2.05. The van der Waals surface area contributed by atoms with Gasteiger partial charge in [0, 0.05) is 36.5 Å². The molecule has 0 aliphatic rings.